The van der Waals surface area contributed by atoms with Crippen LogP contribution in [0.15, 0.2) is 0 Å². The first-order chi connectivity index (χ1) is 9.56. The van der Waals surface area contributed by atoms with Crippen molar-refractivity contribution in [1.82, 2.24) is 5.32 Å². The van der Waals surface area contributed by atoms with Crippen molar-refractivity contribution >= 4 is 0 Å². The molecule has 7 atom stereocenters. The molecule has 2 nitrogen and oxygen atoms in total. The maximum absolute atomic E-state index is 10.5. The van der Waals surface area contributed by atoms with Crippen LogP contribution in [-0.4, -0.2) is 23.8 Å². The van der Waals surface area contributed by atoms with Gasteiger partial charge < -0.3 is 10.4 Å². The molecule has 2 heteroatoms. The van der Waals surface area contributed by atoms with Gasteiger partial charge in [0.05, 0.1) is 6.10 Å². The van der Waals surface area contributed by atoms with Crippen LogP contribution >= 0.6 is 0 Å². The number of piperidine rings is 1. The second-order valence-corrected chi connectivity index (χ2v) is 8.71. The molecule has 0 amide bonds. The average molecular weight is 277 g/mol. The Bertz CT molecular complexity index is 397. The zero-order valence-corrected chi connectivity index (χ0v) is 13.2. The predicted molar refractivity (Wildman–Crippen MR) is 81.4 cm³/mol. The molecule has 0 radical (unpaired) electrons. The zero-order chi connectivity index (χ0) is 14.0. The molecule has 0 aromatic carbocycles. The highest BCUT2D eigenvalue weighted by atomic mass is 16.3. The smallest absolute Gasteiger partial charge is 0.0596 e. The van der Waals surface area contributed by atoms with Crippen LogP contribution in [0.1, 0.15) is 65.2 Å². The van der Waals surface area contributed by atoms with E-state index in [1.165, 1.54) is 51.5 Å². The largest absolute Gasteiger partial charge is 0.393 e. The highest BCUT2D eigenvalue weighted by Crippen LogP contribution is 2.63. The molecule has 4 rings (SSSR count). The van der Waals surface area contributed by atoms with Gasteiger partial charge in [0.1, 0.15) is 0 Å². The van der Waals surface area contributed by atoms with E-state index in [2.05, 4.69) is 19.2 Å². The lowest BCUT2D eigenvalue weighted by Crippen LogP contribution is -2.60. The minimum absolute atomic E-state index is 0.0246. The van der Waals surface area contributed by atoms with Crippen LogP contribution < -0.4 is 5.32 Å². The fraction of sp³-hybridized carbons (Fsp3) is 1.00. The van der Waals surface area contributed by atoms with E-state index in [9.17, 15) is 5.11 Å². The summed E-state index contributed by atoms with van der Waals surface area (Å²) in [6.07, 6.45) is 10.5. The van der Waals surface area contributed by atoms with Gasteiger partial charge in [-0.05, 0) is 86.5 Å². The third-order valence-electron chi connectivity index (χ3n) is 8.10. The first-order valence-electron chi connectivity index (χ1n) is 8.97. The van der Waals surface area contributed by atoms with E-state index in [1.807, 2.05) is 0 Å². The Morgan fingerprint density at radius 2 is 1.70 bits per heavy atom. The summed E-state index contributed by atoms with van der Waals surface area (Å²) in [6.45, 7) is 6.20. The Morgan fingerprint density at radius 1 is 0.900 bits per heavy atom. The number of nitrogens with one attached hydrogen (secondary N) is 1. The zero-order valence-electron chi connectivity index (χ0n) is 13.2. The lowest BCUT2D eigenvalue weighted by Gasteiger charge is -2.60. The van der Waals surface area contributed by atoms with Gasteiger partial charge in [0.25, 0.3) is 0 Å². The van der Waals surface area contributed by atoms with E-state index in [0.717, 1.165) is 30.2 Å². The second kappa shape index (κ2) is 4.46. The molecular weight excluding hydrogens is 246 g/mol. The van der Waals surface area contributed by atoms with E-state index in [-0.39, 0.29) is 11.5 Å². The van der Waals surface area contributed by atoms with Crippen molar-refractivity contribution in [3.05, 3.63) is 0 Å². The molecule has 0 spiro atoms. The Kier molecular flexibility index (Phi) is 3.03. The summed E-state index contributed by atoms with van der Waals surface area (Å²) in [4.78, 5) is 0. The first-order valence-corrected chi connectivity index (χ1v) is 8.97. The van der Waals surface area contributed by atoms with Crippen molar-refractivity contribution in [3.8, 4) is 0 Å². The van der Waals surface area contributed by atoms with Crippen molar-refractivity contribution in [2.24, 2.45) is 28.6 Å². The van der Waals surface area contributed by atoms with Crippen LogP contribution in [0.2, 0.25) is 0 Å². The minimum Gasteiger partial charge on any atom is -0.393 e. The fourth-order valence-electron chi connectivity index (χ4n) is 6.87. The van der Waals surface area contributed by atoms with Gasteiger partial charge >= 0.3 is 0 Å². The molecule has 3 aliphatic carbocycles. The first kappa shape index (κ1) is 13.6. The van der Waals surface area contributed by atoms with E-state index in [4.69, 9.17) is 0 Å². The van der Waals surface area contributed by atoms with Crippen LogP contribution in [0.3, 0.4) is 0 Å². The molecule has 20 heavy (non-hydrogen) atoms. The van der Waals surface area contributed by atoms with Gasteiger partial charge in [0.15, 0.2) is 0 Å². The van der Waals surface area contributed by atoms with Gasteiger partial charge in [-0.2, -0.15) is 0 Å². The van der Waals surface area contributed by atoms with E-state index in [1.54, 1.807) is 0 Å². The quantitative estimate of drug-likeness (QED) is 0.712. The summed E-state index contributed by atoms with van der Waals surface area (Å²) in [5, 5.41) is 14.3. The number of aliphatic hydroxyl groups is 1. The Hall–Kier alpha value is -0.0800. The summed E-state index contributed by atoms with van der Waals surface area (Å²) in [7, 11) is 0. The van der Waals surface area contributed by atoms with Crippen LogP contribution in [0, 0.1) is 28.6 Å². The van der Waals surface area contributed by atoms with Gasteiger partial charge in [0, 0.05) is 6.04 Å². The number of fused-ring (bicyclic) bond motifs is 5. The molecule has 0 bridgehead atoms. The van der Waals surface area contributed by atoms with Crippen LogP contribution in [-0.2, 0) is 0 Å². The molecule has 7 unspecified atom stereocenters. The maximum atomic E-state index is 10.5. The number of hydrogen-bond donors (Lipinski definition) is 2. The molecule has 0 aromatic rings. The third-order valence-corrected chi connectivity index (χ3v) is 8.10. The van der Waals surface area contributed by atoms with Crippen LogP contribution in [0.25, 0.3) is 0 Å². The molecule has 4 fully saturated rings. The molecule has 1 saturated heterocycles. The van der Waals surface area contributed by atoms with Gasteiger partial charge in [-0.1, -0.05) is 13.8 Å². The molecule has 114 valence electrons. The predicted octanol–water partition coefficient (Wildman–Crippen LogP) is 3.34. The molecule has 4 aliphatic rings. The summed E-state index contributed by atoms with van der Waals surface area (Å²) >= 11 is 0. The fourth-order valence-corrected chi connectivity index (χ4v) is 6.87. The summed E-state index contributed by atoms with van der Waals surface area (Å²) in [6, 6.07) is 0.771. The summed E-state index contributed by atoms with van der Waals surface area (Å²) < 4.78 is 0. The number of rotatable bonds is 0. The lowest BCUT2D eigenvalue weighted by atomic mass is 9.47. The highest BCUT2D eigenvalue weighted by Gasteiger charge is 2.59. The Balaban J connectivity index is 1.64. The highest BCUT2D eigenvalue weighted by molar-refractivity contribution is 5.10. The van der Waals surface area contributed by atoms with E-state index >= 15 is 0 Å². The van der Waals surface area contributed by atoms with Gasteiger partial charge in [-0.25, -0.2) is 0 Å². The molecular formula is C18H31NO. The molecule has 0 aromatic heterocycles. The topological polar surface area (TPSA) is 32.3 Å². The van der Waals surface area contributed by atoms with E-state index in [0.29, 0.717) is 5.41 Å². The lowest BCUT2D eigenvalue weighted by molar-refractivity contribution is -0.106. The number of aliphatic hydroxyl groups excluding tert-OH is 1. The summed E-state index contributed by atoms with van der Waals surface area (Å²) in [5.41, 5.74) is 0.780. The van der Waals surface area contributed by atoms with Crippen molar-refractivity contribution < 1.29 is 5.11 Å². The second-order valence-electron chi connectivity index (χ2n) is 8.71. The SMILES string of the molecule is CC12CCC3C(CCC4NCCCC43C)C1CCC2O. The average Bonchev–Trinajstić information content (AvgIpc) is 2.74. The molecule has 3 saturated carbocycles. The number of hydrogen-bond acceptors (Lipinski definition) is 2. The van der Waals surface area contributed by atoms with Gasteiger partial charge in [-0.3, -0.25) is 0 Å². The van der Waals surface area contributed by atoms with Crippen molar-refractivity contribution in [2.45, 2.75) is 77.4 Å². The van der Waals surface area contributed by atoms with Crippen molar-refractivity contribution in [3.63, 3.8) is 0 Å². The van der Waals surface area contributed by atoms with Gasteiger partial charge in [0.2, 0.25) is 0 Å². The van der Waals surface area contributed by atoms with Gasteiger partial charge in [-0.15, -0.1) is 0 Å². The van der Waals surface area contributed by atoms with Crippen LogP contribution in [0.5, 0.6) is 0 Å². The maximum Gasteiger partial charge on any atom is 0.0596 e. The molecule has 2 N–H and O–H groups in total. The Labute approximate surface area is 123 Å². The monoisotopic (exact) mass is 277 g/mol. The minimum atomic E-state index is -0.0246. The standard InChI is InChI=1S/C18H31NO/c1-17-9-3-11-19-15(17)6-4-12-13-5-7-16(20)18(13,2)10-8-14(12)17/h12-16,19-20H,3-11H2,1-2H3. The molecule has 1 aliphatic heterocycles. The third kappa shape index (κ3) is 1.64. The summed E-state index contributed by atoms with van der Waals surface area (Å²) in [5.74, 6) is 2.61. The van der Waals surface area contributed by atoms with Crippen LogP contribution in [0.4, 0.5) is 0 Å². The molecule has 1 heterocycles. The van der Waals surface area contributed by atoms with Crippen molar-refractivity contribution in [1.29, 1.82) is 0 Å². The normalized spacial score (nSPS) is 58.6. The van der Waals surface area contributed by atoms with E-state index < -0.39 is 0 Å². The Morgan fingerprint density at radius 3 is 2.55 bits per heavy atom. The van der Waals surface area contributed by atoms with Crippen molar-refractivity contribution in [2.75, 3.05) is 6.54 Å².